The molecule has 2 aromatic rings. The Hall–Kier alpha value is -1.81. The Morgan fingerprint density at radius 3 is 2.36 bits per heavy atom. The van der Waals surface area contributed by atoms with Crippen LogP contribution in [-0.4, -0.2) is 13.7 Å². The normalized spacial score (nSPS) is 11.6. The molecule has 22 heavy (non-hydrogen) atoms. The lowest BCUT2D eigenvalue weighted by Gasteiger charge is -2.11. The zero-order valence-electron chi connectivity index (χ0n) is 13.3. The van der Waals surface area contributed by atoms with Crippen molar-refractivity contribution in [2.24, 2.45) is 0 Å². The molecule has 0 atom stereocenters. The second kappa shape index (κ2) is 6.97. The van der Waals surface area contributed by atoms with Gasteiger partial charge in [0.15, 0.2) is 9.84 Å². The Kier molecular flexibility index (Phi) is 5.24. The first kappa shape index (κ1) is 16.6. The molecule has 0 aliphatic carbocycles. The van der Waals surface area contributed by atoms with E-state index in [1.54, 1.807) is 13.8 Å². The van der Waals surface area contributed by atoms with E-state index >= 15 is 0 Å². The molecule has 0 aliphatic rings. The van der Waals surface area contributed by atoms with E-state index in [2.05, 4.69) is 30.4 Å². The molecule has 0 spiro atoms. The van der Waals surface area contributed by atoms with E-state index in [4.69, 9.17) is 0 Å². The van der Waals surface area contributed by atoms with E-state index in [1.165, 1.54) is 11.1 Å². The summed E-state index contributed by atoms with van der Waals surface area (Å²) < 4.78 is 24.0. The van der Waals surface area contributed by atoms with Crippen molar-refractivity contribution >= 4 is 15.5 Å². The molecule has 0 heterocycles. The largest absolute Gasteiger partial charge is 0.381 e. The Morgan fingerprint density at radius 1 is 1.00 bits per heavy atom. The molecule has 0 fully saturated rings. The van der Waals surface area contributed by atoms with Crippen LogP contribution < -0.4 is 5.32 Å². The molecule has 0 bridgehead atoms. The summed E-state index contributed by atoms with van der Waals surface area (Å²) in [6.45, 7) is 6.23. The molecule has 2 rings (SSSR count). The SMILES string of the molecule is Cc1cccc(CNc2cccc(CS(=O)(=O)C(C)C)c2)c1. The van der Waals surface area contributed by atoms with Crippen LogP contribution in [0.4, 0.5) is 5.69 Å². The third kappa shape index (κ3) is 4.60. The minimum Gasteiger partial charge on any atom is -0.381 e. The molecule has 0 saturated heterocycles. The lowest BCUT2D eigenvalue weighted by molar-refractivity contribution is 0.586. The lowest BCUT2D eigenvalue weighted by Crippen LogP contribution is -2.16. The van der Waals surface area contributed by atoms with E-state index in [-0.39, 0.29) is 11.0 Å². The number of hydrogen-bond donors (Lipinski definition) is 1. The van der Waals surface area contributed by atoms with Gasteiger partial charge in [0, 0.05) is 12.2 Å². The van der Waals surface area contributed by atoms with Crippen LogP contribution in [-0.2, 0) is 22.1 Å². The first-order chi connectivity index (χ1) is 10.4. The summed E-state index contributed by atoms with van der Waals surface area (Å²) in [5, 5.41) is 3.00. The average molecular weight is 317 g/mol. The van der Waals surface area contributed by atoms with Gasteiger partial charge in [-0.05, 0) is 44.0 Å². The summed E-state index contributed by atoms with van der Waals surface area (Å²) in [4.78, 5) is 0. The van der Waals surface area contributed by atoms with Crippen molar-refractivity contribution in [1.82, 2.24) is 0 Å². The molecule has 0 aromatic heterocycles. The second-order valence-corrected chi connectivity index (χ2v) is 8.46. The van der Waals surface area contributed by atoms with Crippen molar-refractivity contribution in [2.75, 3.05) is 5.32 Å². The standard InChI is InChI=1S/C18H23NO2S/c1-14(2)22(20,21)13-17-8-5-9-18(11-17)19-12-16-7-4-6-15(3)10-16/h4-11,14,19H,12-13H2,1-3H3. The second-order valence-electron chi connectivity index (χ2n) is 5.90. The fourth-order valence-corrected chi connectivity index (χ4v) is 3.17. The van der Waals surface area contributed by atoms with E-state index in [1.807, 2.05) is 30.3 Å². The molecule has 0 aliphatic heterocycles. The highest BCUT2D eigenvalue weighted by atomic mass is 32.2. The van der Waals surface area contributed by atoms with Crippen LogP contribution in [0, 0.1) is 6.92 Å². The molecule has 4 heteroatoms. The maximum Gasteiger partial charge on any atom is 0.156 e. The third-order valence-electron chi connectivity index (χ3n) is 3.59. The Balaban J connectivity index is 2.06. The maximum absolute atomic E-state index is 12.0. The first-order valence-corrected chi connectivity index (χ1v) is 9.18. The Bertz CT molecular complexity index is 736. The molecule has 3 nitrogen and oxygen atoms in total. The molecule has 0 radical (unpaired) electrons. The van der Waals surface area contributed by atoms with Crippen molar-refractivity contribution < 1.29 is 8.42 Å². The average Bonchev–Trinajstić information content (AvgIpc) is 2.45. The summed E-state index contributed by atoms with van der Waals surface area (Å²) in [5.74, 6) is 0.0879. The van der Waals surface area contributed by atoms with Gasteiger partial charge in [-0.25, -0.2) is 8.42 Å². The van der Waals surface area contributed by atoms with Gasteiger partial charge in [0.25, 0.3) is 0 Å². The van der Waals surface area contributed by atoms with Gasteiger partial charge in [-0.3, -0.25) is 0 Å². The molecule has 2 aromatic carbocycles. The molecule has 118 valence electrons. The number of hydrogen-bond acceptors (Lipinski definition) is 3. The molecule has 0 saturated carbocycles. The van der Waals surface area contributed by atoms with Gasteiger partial charge in [-0.2, -0.15) is 0 Å². The molecule has 1 N–H and O–H groups in total. The summed E-state index contributed by atoms with van der Waals surface area (Å²) >= 11 is 0. The highest BCUT2D eigenvalue weighted by Crippen LogP contribution is 2.16. The van der Waals surface area contributed by atoms with Crippen molar-refractivity contribution in [2.45, 2.75) is 38.3 Å². The van der Waals surface area contributed by atoms with Gasteiger partial charge in [0.1, 0.15) is 0 Å². The Morgan fingerprint density at radius 2 is 1.68 bits per heavy atom. The van der Waals surface area contributed by atoms with Crippen LogP contribution in [0.15, 0.2) is 48.5 Å². The van der Waals surface area contributed by atoms with E-state index in [0.717, 1.165) is 17.8 Å². The first-order valence-electron chi connectivity index (χ1n) is 7.47. The monoisotopic (exact) mass is 317 g/mol. The smallest absolute Gasteiger partial charge is 0.156 e. The minimum absolute atomic E-state index is 0.0879. The van der Waals surface area contributed by atoms with Gasteiger partial charge < -0.3 is 5.32 Å². The summed E-state index contributed by atoms with van der Waals surface area (Å²) in [6, 6.07) is 15.9. The number of benzene rings is 2. The number of nitrogens with one attached hydrogen (secondary N) is 1. The topological polar surface area (TPSA) is 46.2 Å². The molecular formula is C18H23NO2S. The van der Waals surface area contributed by atoms with Gasteiger partial charge in [0.05, 0.1) is 11.0 Å². The van der Waals surface area contributed by atoms with Crippen molar-refractivity contribution in [3.63, 3.8) is 0 Å². The zero-order chi connectivity index (χ0) is 16.2. The van der Waals surface area contributed by atoms with Crippen molar-refractivity contribution in [3.05, 3.63) is 65.2 Å². The fraction of sp³-hybridized carbons (Fsp3) is 0.333. The highest BCUT2D eigenvalue weighted by Gasteiger charge is 2.16. The maximum atomic E-state index is 12.0. The fourth-order valence-electron chi connectivity index (χ4n) is 2.20. The van der Waals surface area contributed by atoms with E-state index in [9.17, 15) is 8.42 Å². The summed E-state index contributed by atoms with van der Waals surface area (Å²) in [5.41, 5.74) is 4.21. The molecular weight excluding hydrogens is 294 g/mol. The van der Waals surface area contributed by atoms with Crippen LogP contribution in [0.3, 0.4) is 0 Å². The minimum atomic E-state index is -3.07. The summed E-state index contributed by atoms with van der Waals surface area (Å²) in [7, 11) is -3.07. The van der Waals surface area contributed by atoms with Crippen LogP contribution >= 0.6 is 0 Å². The number of anilines is 1. The number of sulfone groups is 1. The van der Waals surface area contributed by atoms with Gasteiger partial charge in [0.2, 0.25) is 0 Å². The predicted molar refractivity (Wildman–Crippen MR) is 92.7 cm³/mol. The highest BCUT2D eigenvalue weighted by molar-refractivity contribution is 7.91. The summed E-state index contributed by atoms with van der Waals surface area (Å²) in [6.07, 6.45) is 0. The molecule has 0 amide bonds. The Labute approximate surface area is 133 Å². The van der Waals surface area contributed by atoms with Crippen LogP contribution in [0.1, 0.15) is 30.5 Å². The third-order valence-corrected chi connectivity index (χ3v) is 5.76. The van der Waals surface area contributed by atoms with Crippen molar-refractivity contribution in [1.29, 1.82) is 0 Å². The van der Waals surface area contributed by atoms with E-state index < -0.39 is 9.84 Å². The van der Waals surface area contributed by atoms with Crippen LogP contribution in [0.2, 0.25) is 0 Å². The van der Waals surface area contributed by atoms with Gasteiger partial charge >= 0.3 is 0 Å². The lowest BCUT2D eigenvalue weighted by atomic mass is 10.1. The molecule has 0 unspecified atom stereocenters. The van der Waals surface area contributed by atoms with Gasteiger partial charge in [-0.15, -0.1) is 0 Å². The van der Waals surface area contributed by atoms with Gasteiger partial charge in [-0.1, -0.05) is 42.0 Å². The zero-order valence-corrected chi connectivity index (χ0v) is 14.2. The number of rotatable bonds is 6. The van der Waals surface area contributed by atoms with Crippen LogP contribution in [0.25, 0.3) is 0 Å². The van der Waals surface area contributed by atoms with E-state index in [0.29, 0.717) is 0 Å². The number of aryl methyl sites for hydroxylation is 1. The van der Waals surface area contributed by atoms with Crippen molar-refractivity contribution in [3.8, 4) is 0 Å². The predicted octanol–water partition coefficient (Wildman–Crippen LogP) is 3.93. The quantitative estimate of drug-likeness (QED) is 0.878. The van der Waals surface area contributed by atoms with Crippen LogP contribution in [0.5, 0.6) is 0 Å².